The van der Waals surface area contributed by atoms with Crippen molar-refractivity contribution in [2.75, 3.05) is 12.4 Å². The molecule has 1 fully saturated rings. The fraction of sp³-hybridized carbons (Fsp3) is 0.545. The zero-order chi connectivity index (χ0) is 16.8. The van der Waals surface area contributed by atoms with E-state index in [0.29, 0.717) is 0 Å². The zero-order valence-corrected chi connectivity index (χ0v) is 15.9. The van der Waals surface area contributed by atoms with Crippen molar-refractivity contribution < 1.29 is 4.74 Å². The summed E-state index contributed by atoms with van der Waals surface area (Å²) < 4.78 is 5.99. The van der Waals surface area contributed by atoms with Crippen LogP contribution in [0.15, 0.2) is 41.3 Å². The van der Waals surface area contributed by atoms with E-state index in [0.717, 1.165) is 30.6 Å². The molecule has 2 unspecified atom stereocenters. The highest BCUT2D eigenvalue weighted by Crippen LogP contribution is 2.41. The molecule has 0 heterocycles. The summed E-state index contributed by atoms with van der Waals surface area (Å²) in [6, 6.07) is 13.1. The van der Waals surface area contributed by atoms with Crippen molar-refractivity contribution in [1.82, 2.24) is 0 Å². The third-order valence-electron chi connectivity index (χ3n) is 5.10. The maximum absolute atomic E-state index is 5.99. The molecule has 1 saturated carbocycles. The van der Waals surface area contributed by atoms with E-state index in [1.165, 1.54) is 53.5 Å². The van der Waals surface area contributed by atoms with Crippen LogP contribution in [0.5, 0.6) is 5.75 Å². The number of ether oxygens (including phenoxy) is 1. The van der Waals surface area contributed by atoms with Crippen LogP contribution >= 0.6 is 11.8 Å². The molecular weight excluding hydrogens is 312 g/mol. The van der Waals surface area contributed by atoms with Gasteiger partial charge in [-0.2, -0.15) is 0 Å². The molecular formula is C22H30OS. The van der Waals surface area contributed by atoms with E-state index in [2.05, 4.69) is 50.2 Å². The maximum Gasteiger partial charge on any atom is 0.127 e. The Bertz CT molecular complexity index is 651. The lowest BCUT2D eigenvalue weighted by molar-refractivity contribution is 0.313. The first-order valence-corrected chi connectivity index (χ1v) is 10.6. The van der Waals surface area contributed by atoms with E-state index in [-0.39, 0.29) is 0 Å². The minimum Gasteiger partial charge on any atom is -0.493 e. The second-order valence-electron chi connectivity index (χ2n) is 7.13. The Balaban J connectivity index is 1.57. The number of rotatable bonds is 10. The monoisotopic (exact) mass is 342 g/mol. The van der Waals surface area contributed by atoms with Crippen molar-refractivity contribution in [1.29, 1.82) is 0 Å². The molecule has 2 atom stereocenters. The number of hydrogen-bond donors (Lipinski definition) is 0. The second kappa shape index (κ2) is 8.80. The first kappa shape index (κ1) is 17.7. The van der Waals surface area contributed by atoms with Gasteiger partial charge in [0.15, 0.2) is 0 Å². The average molecular weight is 343 g/mol. The fourth-order valence-electron chi connectivity index (χ4n) is 3.31. The summed E-state index contributed by atoms with van der Waals surface area (Å²) >= 11 is 2.00. The van der Waals surface area contributed by atoms with E-state index >= 15 is 0 Å². The molecule has 1 nitrogen and oxygen atoms in total. The van der Waals surface area contributed by atoms with Gasteiger partial charge in [0.05, 0.1) is 6.61 Å². The molecule has 1 aliphatic rings. The third kappa shape index (κ3) is 4.69. The van der Waals surface area contributed by atoms with Gasteiger partial charge in [0.1, 0.15) is 5.75 Å². The number of unbranched alkanes of at least 4 members (excludes halogenated alkanes) is 2. The van der Waals surface area contributed by atoms with Gasteiger partial charge in [0.2, 0.25) is 0 Å². The van der Waals surface area contributed by atoms with Gasteiger partial charge >= 0.3 is 0 Å². The van der Waals surface area contributed by atoms with Gasteiger partial charge in [-0.1, -0.05) is 57.4 Å². The molecule has 0 aliphatic heterocycles. The molecule has 0 spiro atoms. The van der Waals surface area contributed by atoms with Crippen LogP contribution in [0.4, 0.5) is 0 Å². The highest BCUT2D eigenvalue weighted by molar-refractivity contribution is 7.99. The van der Waals surface area contributed by atoms with E-state index in [1.807, 2.05) is 11.8 Å². The lowest BCUT2D eigenvalue weighted by atomic mass is 10.1. The van der Waals surface area contributed by atoms with Gasteiger partial charge in [-0.05, 0) is 54.4 Å². The minimum atomic E-state index is 0.812. The van der Waals surface area contributed by atoms with Crippen molar-refractivity contribution in [3.05, 3.63) is 36.4 Å². The molecule has 0 bridgehead atoms. The van der Waals surface area contributed by atoms with Crippen LogP contribution in [0.1, 0.15) is 52.4 Å². The Morgan fingerprint density at radius 2 is 1.83 bits per heavy atom. The summed E-state index contributed by atoms with van der Waals surface area (Å²) in [7, 11) is 0. The Morgan fingerprint density at radius 3 is 2.58 bits per heavy atom. The SMILES string of the molecule is CCCCOc1ccc(SCCCCC2CC2C)c2ccccc12. The fourth-order valence-corrected chi connectivity index (χ4v) is 4.38. The van der Waals surface area contributed by atoms with Crippen LogP contribution in [0, 0.1) is 11.8 Å². The first-order valence-electron chi connectivity index (χ1n) is 9.57. The van der Waals surface area contributed by atoms with Crippen molar-refractivity contribution in [3.63, 3.8) is 0 Å². The number of thioether (sulfide) groups is 1. The average Bonchev–Trinajstić information content (AvgIpc) is 3.31. The van der Waals surface area contributed by atoms with Gasteiger partial charge < -0.3 is 4.74 Å². The second-order valence-corrected chi connectivity index (χ2v) is 8.26. The lowest BCUT2D eigenvalue weighted by Gasteiger charge is -2.12. The molecule has 2 heteroatoms. The quantitative estimate of drug-likeness (QED) is 0.342. The van der Waals surface area contributed by atoms with Gasteiger partial charge in [0, 0.05) is 10.3 Å². The summed E-state index contributed by atoms with van der Waals surface area (Å²) in [6.07, 6.45) is 7.91. The molecule has 0 radical (unpaired) electrons. The van der Waals surface area contributed by atoms with Crippen LogP contribution in [-0.4, -0.2) is 12.4 Å². The normalized spacial score (nSPS) is 19.6. The predicted octanol–water partition coefficient (Wildman–Crippen LogP) is 6.94. The first-order chi connectivity index (χ1) is 11.8. The van der Waals surface area contributed by atoms with Crippen LogP contribution in [0.3, 0.4) is 0 Å². The number of hydrogen-bond acceptors (Lipinski definition) is 2. The Labute approximate surface area is 151 Å². The molecule has 130 valence electrons. The van der Waals surface area contributed by atoms with Gasteiger partial charge in [-0.25, -0.2) is 0 Å². The van der Waals surface area contributed by atoms with E-state index in [9.17, 15) is 0 Å². The third-order valence-corrected chi connectivity index (χ3v) is 6.26. The molecule has 3 rings (SSSR count). The Morgan fingerprint density at radius 1 is 1.04 bits per heavy atom. The standard InChI is InChI=1S/C22H30OS/c1-3-4-14-23-21-12-13-22(20-11-6-5-10-19(20)21)24-15-8-7-9-18-16-17(18)2/h5-6,10-13,17-18H,3-4,7-9,14-16H2,1-2H3. The summed E-state index contributed by atoms with van der Waals surface area (Å²) in [6.45, 7) is 5.40. The predicted molar refractivity (Wildman–Crippen MR) is 106 cm³/mol. The smallest absolute Gasteiger partial charge is 0.127 e. The molecule has 2 aromatic carbocycles. The maximum atomic E-state index is 5.99. The van der Waals surface area contributed by atoms with Crippen molar-refractivity contribution >= 4 is 22.5 Å². The van der Waals surface area contributed by atoms with Crippen molar-refractivity contribution in [2.45, 2.75) is 57.3 Å². The molecule has 1 aliphatic carbocycles. The highest BCUT2D eigenvalue weighted by atomic mass is 32.2. The Hall–Kier alpha value is -1.15. The zero-order valence-electron chi connectivity index (χ0n) is 15.1. The topological polar surface area (TPSA) is 9.23 Å². The lowest BCUT2D eigenvalue weighted by Crippen LogP contribution is -1.97. The summed E-state index contributed by atoms with van der Waals surface area (Å²) in [5.74, 6) is 4.30. The molecule has 0 aromatic heterocycles. The van der Waals surface area contributed by atoms with Gasteiger partial charge in [0.25, 0.3) is 0 Å². The van der Waals surface area contributed by atoms with Gasteiger partial charge in [-0.15, -0.1) is 11.8 Å². The van der Waals surface area contributed by atoms with Crippen LogP contribution in [0.2, 0.25) is 0 Å². The summed E-state index contributed by atoms with van der Waals surface area (Å²) in [5.41, 5.74) is 0. The van der Waals surface area contributed by atoms with Gasteiger partial charge in [-0.3, -0.25) is 0 Å². The van der Waals surface area contributed by atoms with Crippen molar-refractivity contribution in [3.8, 4) is 5.75 Å². The highest BCUT2D eigenvalue weighted by Gasteiger charge is 2.31. The Kier molecular flexibility index (Phi) is 6.48. The van der Waals surface area contributed by atoms with Crippen LogP contribution in [0.25, 0.3) is 10.8 Å². The van der Waals surface area contributed by atoms with Crippen LogP contribution in [-0.2, 0) is 0 Å². The van der Waals surface area contributed by atoms with Crippen molar-refractivity contribution in [2.24, 2.45) is 11.8 Å². The number of fused-ring (bicyclic) bond motifs is 1. The number of benzene rings is 2. The van der Waals surface area contributed by atoms with E-state index in [1.54, 1.807) is 0 Å². The van der Waals surface area contributed by atoms with E-state index < -0.39 is 0 Å². The largest absolute Gasteiger partial charge is 0.493 e. The molecule has 0 saturated heterocycles. The summed E-state index contributed by atoms with van der Waals surface area (Å²) in [5, 5.41) is 2.60. The molecule has 2 aromatic rings. The molecule has 0 amide bonds. The molecule has 0 N–H and O–H groups in total. The van der Waals surface area contributed by atoms with Crippen LogP contribution < -0.4 is 4.74 Å². The minimum absolute atomic E-state index is 0.812. The van der Waals surface area contributed by atoms with E-state index in [4.69, 9.17) is 4.74 Å². The molecule has 24 heavy (non-hydrogen) atoms. The summed E-state index contributed by atoms with van der Waals surface area (Å²) in [4.78, 5) is 1.40.